The van der Waals surface area contributed by atoms with Crippen molar-refractivity contribution < 1.29 is 9.53 Å². The smallest absolute Gasteiger partial charge is 0.275 e. The average Bonchev–Trinajstić information content (AvgIpc) is 3.11. The van der Waals surface area contributed by atoms with Gasteiger partial charge >= 0.3 is 0 Å². The first-order valence-corrected chi connectivity index (χ1v) is 7.90. The molecule has 2 aromatic carbocycles. The molecule has 0 fully saturated rings. The third kappa shape index (κ3) is 3.81. The predicted molar refractivity (Wildman–Crippen MR) is 93.7 cm³/mol. The summed E-state index contributed by atoms with van der Waals surface area (Å²) in [5, 5.41) is 2.85. The van der Waals surface area contributed by atoms with Crippen molar-refractivity contribution in [3.05, 3.63) is 72.8 Å². The quantitative estimate of drug-likeness (QED) is 0.749. The fourth-order valence-corrected chi connectivity index (χ4v) is 2.26. The van der Waals surface area contributed by atoms with Crippen LogP contribution in [0.1, 0.15) is 23.8 Å². The number of benzene rings is 2. The van der Waals surface area contributed by atoms with Crippen LogP contribution in [0.4, 0.5) is 5.69 Å². The number of anilines is 1. The molecule has 122 valence electrons. The van der Waals surface area contributed by atoms with E-state index >= 15 is 0 Å². The molecule has 0 saturated heterocycles. The minimum atomic E-state index is -0.252. The lowest BCUT2D eigenvalue weighted by atomic mass is 10.3. The SMILES string of the molecule is CCCOc1cccc(NC(=O)c2cn(-c3ccccc3)cn2)c1. The number of nitrogens with zero attached hydrogens (tertiary/aromatic N) is 2. The molecule has 24 heavy (non-hydrogen) atoms. The van der Waals surface area contributed by atoms with E-state index in [4.69, 9.17) is 4.74 Å². The van der Waals surface area contributed by atoms with Crippen molar-refractivity contribution >= 4 is 11.6 Å². The van der Waals surface area contributed by atoms with E-state index in [2.05, 4.69) is 17.2 Å². The van der Waals surface area contributed by atoms with Gasteiger partial charge in [0.15, 0.2) is 0 Å². The number of ether oxygens (including phenoxy) is 1. The summed E-state index contributed by atoms with van der Waals surface area (Å²) in [7, 11) is 0. The van der Waals surface area contributed by atoms with Gasteiger partial charge < -0.3 is 14.6 Å². The Morgan fingerprint density at radius 2 is 2.00 bits per heavy atom. The van der Waals surface area contributed by atoms with Crippen LogP contribution in [0.25, 0.3) is 5.69 Å². The van der Waals surface area contributed by atoms with Gasteiger partial charge in [-0.2, -0.15) is 0 Å². The van der Waals surface area contributed by atoms with Crippen molar-refractivity contribution in [3.8, 4) is 11.4 Å². The fraction of sp³-hybridized carbons (Fsp3) is 0.158. The van der Waals surface area contributed by atoms with E-state index in [1.54, 1.807) is 12.5 Å². The highest BCUT2D eigenvalue weighted by atomic mass is 16.5. The van der Waals surface area contributed by atoms with Gasteiger partial charge in [0.25, 0.3) is 5.91 Å². The second kappa shape index (κ2) is 7.46. The van der Waals surface area contributed by atoms with Crippen LogP contribution in [0.15, 0.2) is 67.1 Å². The lowest BCUT2D eigenvalue weighted by molar-refractivity contribution is 0.102. The summed E-state index contributed by atoms with van der Waals surface area (Å²) in [5.74, 6) is 0.488. The molecule has 3 aromatic rings. The molecule has 1 N–H and O–H groups in total. The Labute approximate surface area is 140 Å². The lowest BCUT2D eigenvalue weighted by Crippen LogP contribution is -2.12. The van der Waals surface area contributed by atoms with Crippen LogP contribution in [0, 0.1) is 0 Å². The summed E-state index contributed by atoms with van der Waals surface area (Å²) in [5.41, 5.74) is 2.00. The molecule has 1 heterocycles. The molecule has 0 saturated carbocycles. The molecule has 5 heteroatoms. The summed E-state index contributed by atoms with van der Waals surface area (Å²) in [6.45, 7) is 2.70. The average molecular weight is 321 g/mol. The molecule has 0 aliphatic rings. The second-order valence-electron chi connectivity index (χ2n) is 5.33. The number of nitrogens with one attached hydrogen (secondary N) is 1. The Morgan fingerprint density at radius 1 is 1.17 bits per heavy atom. The zero-order valence-corrected chi connectivity index (χ0v) is 13.5. The van der Waals surface area contributed by atoms with Crippen LogP contribution in [0.3, 0.4) is 0 Å². The zero-order valence-electron chi connectivity index (χ0n) is 13.5. The number of aromatic nitrogens is 2. The molecule has 0 aliphatic heterocycles. The number of carbonyl (C=O) groups is 1. The molecule has 0 spiro atoms. The molecule has 0 radical (unpaired) electrons. The van der Waals surface area contributed by atoms with Crippen LogP contribution in [-0.2, 0) is 0 Å². The maximum Gasteiger partial charge on any atom is 0.275 e. The van der Waals surface area contributed by atoms with Gasteiger partial charge in [-0.3, -0.25) is 4.79 Å². The highest BCUT2D eigenvalue weighted by Gasteiger charge is 2.10. The topological polar surface area (TPSA) is 56.1 Å². The van der Waals surface area contributed by atoms with Gasteiger partial charge in [0.05, 0.1) is 6.61 Å². The van der Waals surface area contributed by atoms with E-state index in [0.717, 1.165) is 17.9 Å². The first-order chi connectivity index (χ1) is 11.8. The van der Waals surface area contributed by atoms with Crippen molar-refractivity contribution in [2.45, 2.75) is 13.3 Å². The number of rotatable bonds is 6. The van der Waals surface area contributed by atoms with Gasteiger partial charge in [0, 0.05) is 23.6 Å². The molecular weight excluding hydrogens is 302 g/mol. The standard InChI is InChI=1S/C19H19N3O2/c1-2-11-24-17-10-6-7-15(12-17)21-19(23)18-13-22(14-20-18)16-8-4-3-5-9-16/h3-10,12-14H,2,11H2,1H3,(H,21,23). The maximum absolute atomic E-state index is 12.4. The largest absolute Gasteiger partial charge is 0.494 e. The monoisotopic (exact) mass is 321 g/mol. The molecule has 5 nitrogen and oxygen atoms in total. The highest BCUT2D eigenvalue weighted by molar-refractivity contribution is 6.02. The highest BCUT2D eigenvalue weighted by Crippen LogP contribution is 2.18. The predicted octanol–water partition coefficient (Wildman–Crippen LogP) is 3.91. The van der Waals surface area contributed by atoms with Crippen LogP contribution < -0.4 is 10.1 Å². The summed E-state index contributed by atoms with van der Waals surface area (Å²) in [4.78, 5) is 16.5. The molecule has 0 bridgehead atoms. The third-order valence-corrected chi connectivity index (χ3v) is 3.43. The van der Waals surface area contributed by atoms with E-state index < -0.39 is 0 Å². The summed E-state index contributed by atoms with van der Waals surface area (Å²) in [6, 6.07) is 17.1. The van der Waals surface area contributed by atoms with Crippen molar-refractivity contribution in [2.75, 3.05) is 11.9 Å². The van der Waals surface area contributed by atoms with Gasteiger partial charge in [0.1, 0.15) is 17.8 Å². The van der Waals surface area contributed by atoms with Gasteiger partial charge in [-0.05, 0) is 30.7 Å². The van der Waals surface area contributed by atoms with Crippen LogP contribution in [0.5, 0.6) is 5.75 Å². The third-order valence-electron chi connectivity index (χ3n) is 3.43. The molecule has 0 unspecified atom stereocenters. The van der Waals surface area contributed by atoms with E-state index in [1.807, 2.05) is 59.2 Å². The Kier molecular flexibility index (Phi) is 4.91. The van der Waals surface area contributed by atoms with Crippen molar-refractivity contribution in [3.63, 3.8) is 0 Å². The number of hydrogen-bond acceptors (Lipinski definition) is 3. The Bertz CT molecular complexity index is 812. The minimum Gasteiger partial charge on any atom is -0.494 e. The molecule has 1 amide bonds. The number of para-hydroxylation sites is 1. The van der Waals surface area contributed by atoms with Gasteiger partial charge in [-0.1, -0.05) is 31.2 Å². The zero-order chi connectivity index (χ0) is 16.8. The number of imidazole rings is 1. The first kappa shape index (κ1) is 15.8. The molecule has 0 aliphatic carbocycles. The maximum atomic E-state index is 12.4. The number of carbonyl (C=O) groups excluding carboxylic acids is 1. The van der Waals surface area contributed by atoms with Gasteiger partial charge in [-0.15, -0.1) is 0 Å². The van der Waals surface area contributed by atoms with E-state index in [-0.39, 0.29) is 5.91 Å². The van der Waals surface area contributed by atoms with Crippen molar-refractivity contribution in [1.29, 1.82) is 0 Å². The molecule has 0 atom stereocenters. The second-order valence-corrected chi connectivity index (χ2v) is 5.33. The van der Waals surface area contributed by atoms with Crippen molar-refractivity contribution in [1.82, 2.24) is 9.55 Å². The fourth-order valence-electron chi connectivity index (χ4n) is 2.26. The van der Waals surface area contributed by atoms with Crippen LogP contribution in [-0.4, -0.2) is 22.1 Å². The van der Waals surface area contributed by atoms with E-state index in [1.165, 1.54) is 0 Å². The molecule has 3 rings (SSSR count). The summed E-state index contributed by atoms with van der Waals surface area (Å²) < 4.78 is 7.39. The number of hydrogen-bond donors (Lipinski definition) is 1. The normalized spacial score (nSPS) is 10.4. The Hall–Kier alpha value is -3.08. The molecular formula is C19H19N3O2. The Balaban J connectivity index is 1.70. The summed E-state index contributed by atoms with van der Waals surface area (Å²) >= 11 is 0. The van der Waals surface area contributed by atoms with Gasteiger partial charge in [-0.25, -0.2) is 4.98 Å². The summed E-state index contributed by atoms with van der Waals surface area (Å²) in [6.07, 6.45) is 4.28. The first-order valence-electron chi connectivity index (χ1n) is 7.90. The minimum absolute atomic E-state index is 0.252. The van der Waals surface area contributed by atoms with E-state index in [0.29, 0.717) is 18.0 Å². The van der Waals surface area contributed by atoms with E-state index in [9.17, 15) is 4.79 Å². The van der Waals surface area contributed by atoms with Gasteiger partial charge in [0.2, 0.25) is 0 Å². The molecule has 1 aromatic heterocycles. The van der Waals surface area contributed by atoms with Crippen molar-refractivity contribution in [2.24, 2.45) is 0 Å². The lowest BCUT2D eigenvalue weighted by Gasteiger charge is -2.07. The van der Waals surface area contributed by atoms with Crippen LogP contribution >= 0.6 is 0 Å². The number of amides is 1. The van der Waals surface area contributed by atoms with Crippen LogP contribution in [0.2, 0.25) is 0 Å². The Morgan fingerprint density at radius 3 is 2.79 bits per heavy atom.